The summed E-state index contributed by atoms with van der Waals surface area (Å²) in [5.74, 6) is 1.46. The summed E-state index contributed by atoms with van der Waals surface area (Å²) in [6.07, 6.45) is 0. The van der Waals surface area contributed by atoms with E-state index in [4.69, 9.17) is 9.47 Å². The Balaban J connectivity index is 1.35. The highest BCUT2D eigenvalue weighted by Crippen LogP contribution is 2.31. The lowest BCUT2D eigenvalue weighted by atomic mass is 10.1. The second kappa shape index (κ2) is 9.72. The Bertz CT molecular complexity index is 1080. The number of ether oxygens (including phenoxy) is 2. The highest BCUT2D eigenvalue weighted by Gasteiger charge is 2.18. The van der Waals surface area contributed by atoms with Crippen molar-refractivity contribution in [2.45, 2.75) is 27.3 Å². The highest BCUT2D eigenvalue weighted by atomic mass is 32.1. The molecule has 0 saturated carbocycles. The zero-order valence-electron chi connectivity index (χ0n) is 18.2. The van der Waals surface area contributed by atoms with Gasteiger partial charge in [-0.25, -0.2) is 9.97 Å². The number of carbonyl (C=O) groups excluding carboxylic acids is 1. The molecular formula is C23H28N4O3S. The molecule has 1 aromatic carbocycles. The number of thiophene rings is 1. The van der Waals surface area contributed by atoms with Crippen molar-refractivity contribution in [1.82, 2.24) is 20.2 Å². The Labute approximate surface area is 186 Å². The van der Waals surface area contributed by atoms with Crippen LogP contribution in [0, 0.1) is 20.8 Å². The Morgan fingerprint density at radius 2 is 2.03 bits per heavy atom. The van der Waals surface area contributed by atoms with Crippen LogP contribution in [0.3, 0.4) is 0 Å². The van der Waals surface area contributed by atoms with Gasteiger partial charge in [0.25, 0.3) is 5.91 Å². The summed E-state index contributed by atoms with van der Waals surface area (Å²) < 4.78 is 11.3. The van der Waals surface area contributed by atoms with Crippen LogP contribution in [0.4, 0.5) is 0 Å². The molecular weight excluding hydrogens is 412 g/mol. The molecule has 1 saturated heterocycles. The summed E-state index contributed by atoms with van der Waals surface area (Å²) in [6, 6.07) is 7.88. The molecule has 0 unspecified atom stereocenters. The second-order valence-corrected chi connectivity index (χ2v) is 8.72. The number of aromatic nitrogens is 2. The van der Waals surface area contributed by atoms with Crippen LogP contribution in [0.15, 0.2) is 24.3 Å². The number of nitrogens with one attached hydrogen (secondary N) is 1. The Morgan fingerprint density at radius 3 is 2.84 bits per heavy atom. The van der Waals surface area contributed by atoms with Crippen LogP contribution >= 0.6 is 11.3 Å². The van der Waals surface area contributed by atoms with Crippen LogP contribution in [0.1, 0.15) is 32.3 Å². The topological polar surface area (TPSA) is 76.6 Å². The smallest absolute Gasteiger partial charge is 0.261 e. The van der Waals surface area contributed by atoms with Crippen molar-refractivity contribution >= 4 is 27.5 Å². The first-order chi connectivity index (χ1) is 15.0. The van der Waals surface area contributed by atoms with Crippen LogP contribution in [-0.2, 0) is 11.3 Å². The Morgan fingerprint density at radius 1 is 1.23 bits per heavy atom. The number of aryl methyl sites for hydroxylation is 3. The minimum absolute atomic E-state index is 0.0869. The van der Waals surface area contributed by atoms with E-state index in [1.54, 1.807) is 0 Å². The van der Waals surface area contributed by atoms with E-state index >= 15 is 0 Å². The third kappa shape index (κ3) is 5.20. The third-order valence-electron chi connectivity index (χ3n) is 5.42. The molecule has 1 aliphatic heterocycles. The normalized spacial score (nSPS) is 14.7. The van der Waals surface area contributed by atoms with E-state index in [9.17, 15) is 4.79 Å². The van der Waals surface area contributed by atoms with Crippen molar-refractivity contribution in [3.8, 4) is 5.75 Å². The molecule has 31 heavy (non-hydrogen) atoms. The number of hydrogen-bond acceptors (Lipinski definition) is 7. The monoisotopic (exact) mass is 440 g/mol. The first-order valence-electron chi connectivity index (χ1n) is 10.6. The number of benzene rings is 1. The van der Waals surface area contributed by atoms with Gasteiger partial charge in [0.1, 0.15) is 23.0 Å². The predicted molar refractivity (Wildman–Crippen MR) is 122 cm³/mol. The van der Waals surface area contributed by atoms with E-state index in [2.05, 4.69) is 20.2 Å². The van der Waals surface area contributed by atoms with Gasteiger partial charge in [0, 0.05) is 37.3 Å². The van der Waals surface area contributed by atoms with Crippen molar-refractivity contribution < 1.29 is 14.3 Å². The number of rotatable bonds is 7. The van der Waals surface area contributed by atoms with Crippen LogP contribution < -0.4 is 10.1 Å². The van der Waals surface area contributed by atoms with E-state index < -0.39 is 0 Å². The molecule has 1 fully saturated rings. The molecule has 3 heterocycles. The lowest BCUT2D eigenvalue weighted by Crippen LogP contribution is -2.38. The van der Waals surface area contributed by atoms with E-state index in [-0.39, 0.29) is 5.91 Å². The summed E-state index contributed by atoms with van der Waals surface area (Å²) in [5, 5.41) is 4.01. The first-order valence-corrected chi connectivity index (χ1v) is 11.4. The number of carbonyl (C=O) groups is 1. The summed E-state index contributed by atoms with van der Waals surface area (Å²) in [5.41, 5.74) is 2.86. The van der Waals surface area contributed by atoms with Gasteiger partial charge in [-0.15, -0.1) is 11.3 Å². The molecule has 0 atom stereocenters. The number of fused-ring (bicyclic) bond motifs is 1. The zero-order chi connectivity index (χ0) is 21.8. The van der Waals surface area contributed by atoms with Crippen molar-refractivity contribution in [2.24, 2.45) is 0 Å². The molecule has 164 valence electrons. The molecule has 1 aliphatic rings. The average Bonchev–Trinajstić information content (AvgIpc) is 3.09. The molecule has 1 N–H and O–H groups in total. The number of amides is 1. The molecule has 0 spiro atoms. The summed E-state index contributed by atoms with van der Waals surface area (Å²) >= 11 is 1.42. The fraction of sp³-hybridized carbons (Fsp3) is 0.435. The Hall–Kier alpha value is -2.55. The van der Waals surface area contributed by atoms with Crippen molar-refractivity contribution in [1.29, 1.82) is 0 Å². The average molecular weight is 441 g/mol. The van der Waals surface area contributed by atoms with E-state index in [1.165, 1.54) is 11.3 Å². The van der Waals surface area contributed by atoms with Gasteiger partial charge in [-0.2, -0.15) is 0 Å². The maximum atomic E-state index is 12.8. The van der Waals surface area contributed by atoms with Gasteiger partial charge in [0.05, 0.1) is 18.1 Å². The number of morpholine rings is 1. The van der Waals surface area contributed by atoms with Gasteiger partial charge >= 0.3 is 0 Å². The van der Waals surface area contributed by atoms with Crippen LogP contribution in [0.2, 0.25) is 0 Å². The van der Waals surface area contributed by atoms with Gasteiger partial charge in [0.15, 0.2) is 0 Å². The van der Waals surface area contributed by atoms with Crippen molar-refractivity contribution in [2.75, 3.05) is 39.5 Å². The third-order valence-corrected chi connectivity index (χ3v) is 6.61. The van der Waals surface area contributed by atoms with Gasteiger partial charge in [0.2, 0.25) is 0 Å². The lowest BCUT2D eigenvalue weighted by Gasteiger charge is -2.26. The fourth-order valence-electron chi connectivity index (χ4n) is 3.82. The van der Waals surface area contributed by atoms with Crippen LogP contribution in [-0.4, -0.2) is 60.2 Å². The summed E-state index contributed by atoms with van der Waals surface area (Å²) in [4.78, 5) is 25.7. The molecule has 4 rings (SSSR count). The van der Waals surface area contributed by atoms with Crippen molar-refractivity contribution in [3.63, 3.8) is 0 Å². The van der Waals surface area contributed by atoms with Crippen molar-refractivity contribution in [3.05, 3.63) is 51.8 Å². The standard InChI is InChI=1S/C23H28N4O3S/c1-15-20-16(2)25-17(3)26-23(20)31-21(15)22(28)24-14-18-5-4-6-19(13-18)30-12-9-27-7-10-29-11-8-27/h4-6,13H,7-12,14H2,1-3H3,(H,24,28). The summed E-state index contributed by atoms with van der Waals surface area (Å²) in [6.45, 7) is 11.3. The maximum absolute atomic E-state index is 12.8. The zero-order valence-corrected chi connectivity index (χ0v) is 19.1. The van der Waals surface area contributed by atoms with Gasteiger partial charge in [-0.1, -0.05) is 12.1 Å². The Kier molecular flexibility index (Phi) is 6.80. The second-order valence-electron chi connectivity index (χ2n) is 7.73. The predicted octanol–water partition coefficient (Wildman–Crippen LogP) is 3.26. The lowest BCUT2D eigenvalue weighted by molar-refractivity contribution is 0.0322. The largest absolute Gasteiger partial charge is 0.492 e. The SMILES string of the molecule is Cc1nc(C)c2c(C)c(C(=O)NCc3cccc(OCCN4CCOCC4)c3)sc2n1. The van der Waals surface area contributed by atoms with Crippen LogP contribution in [0.25, 0.3) is 10.2 Å². The minimum Gasteiger partial charge on any atom is -0.492 e. The molecule has 7 nitrogen and oxygen atoms in total. The van der Waals surface area contributed by atoms with Gasteiger partial charge in [-0.05, 0) is 44.0 Å². The molecule has 8 heteroatoms. The quantitative estimate of drug-likeness (QED) is 0.608. The number of hydrogen-bond donors (Lipinski definition) is 1. The van der Waals surface area contributed by atoms with Gasteiger partial charge in [-0.3, -0.25) is 9.69 Å². The van der Waals surface area contributed by atoms with Crippen LogP contribution in [0.5, 0.6) is 5.75 Å². The molecule has 0 aliphatic carbocycles. The van der Waals surface area contributed by atoms with E-state index in [1.807, 2.05) is 45.0 Å². The molecule has 3 aromatic rings. The van der Waals surface area contributed by atoms with E-state index in [0.717, 1.165) is 71.5 Å². The number of nitrogens with zero attached hydrogens (tertiary/aromatic N) is 3. The highest BCUT2D eigenvalue weighted by molar-refractivity contribution is 7.20. The summed E-state index contributed by atoms with van der Waals surface area (Å²) in [7, 11) is 0. The first kappa shape index (κ1) is 21.7. The van der Waals surface area contributed by atoms with E-state index in [0.29, 0.717) is 18.0 Å². The fourth-order valence-corrected chi connectivity index (χ4v) is 5.01. The maximum Gasteiger partial charge on any atom is 0.261 e. The van der Waals surface area contributed by atoms with Gasteiger partial charge < -0.3 is 14.8 Å². The molecule has 2 aromatic heterocycles. The molecule has 0 bridgehead atoms. The minimum atomic E-state index is -0.0869. The molecule has 1 amide bonds. The molecule has 0 radical (unpaired) electrons.